The molecule has 1 aromatic carbocycles. The molecule has 1 aromatic heterocycles. The molecule has 0 saturated heterocycles. The zero-order valence-electron chi connectivity index (χ0n) is 11.3. The van der Waals surface area contributed by atoms with Crippen molar-refractivity contribution in [3.05, 3.63) is 40.0 Å². The fraction of sp³-hybridized carbons (Fsp3) is 0.385. The molecule has 1 heterocycles. The molecule has 1 atom stereocenters. The summed E-state index contributed by atoms with van der Waals surface area (Å²) in [6.45, 7) is 2.54. The molecule has 0 spiro atoms. The Morgan fingerprint density at radius 2 is 2.24 bits per heavy atom. The van der Waals surface area contributed by atoms with Gasteiger partial charge in [0.1, 0.15) is 18.5 Å². The van der Waals surface area contributed by atoms with Crippen molar-refractivity contribution in [2.45, 2.75) is 19.6 Å². The average Bonchev–Trinajstić information content (AvgIpc) is 2.85. The van der Waals surface area contributed by atoms with Gasteiger partial charge in [0.15, 0.2) is 5.82 Å². The normalized spacial score (nSPS) is 12.4. The molecule has 2 N–H and O–H groups in total. The number of aromatic nitrogens is 2. The SMILES string of the molecule is Cc1noc(CNCC(O)COc2cc(Cl)ccc2Cl)n1. The zero-order chi connectivity index (χ0) is 15.2. The topological polar surface area (TPSA) is 80.4 Å². The average molecular weight is 332 g/mol. The van der Waals surface area contributed by atoms with Crippen LogP contribution in [0.2, 0.25) is 10.0 Å². The van der Waals surface area contributed by atoms with E-state index in [1.54, 1.807) is 25.1 Å². The van der Waals surface area contributed by atoms with Gasteiger partial charge < -0.3 is 19.7 Å². The number of aryl methyl sites for hydroxylation is 1. The lowest BCUT2D eigenvalue weighted by Crippen LogP contribution is -2.31. The van der Waals surface area contributed by atoms with Crippen LogP contribution in [0.25, 0.3) is 0 Å². The standard InChI is InChI=1S/C13H15Cl2N3O3/c1-8-17-13(21-18-8)6-16-5-10(19)7-20-12-4-9(14)2-3-11(12)15/h2-4,10,16,19H,5-7H2,1H3. The number of hydrogen-bond acceptors (Lipinski definition) is 6. The molecule has 2 rings (SSSR count). The molecule has 2 aromatic rings. The molecule has 114 valence electrons. The number of aliphatic hydroxyl groups excluding tert-OH is 1. The van der Waals surface area contributed by atoms with Gasteiger partial charge in [0, 0.05) is 17.6 Å². The summed E-state index contributed by atoms with van der Waals surface area (Å²) in [5.41, 5.74) is 0. The maximum atomic E-state index is 9.82. The fourth-order valence-electron chi connectivity index (χ4n) is 1.59. The third kappa shape index (κ3) is 5.17. The molecular weight excluding hydrogens is 317 g/mol. The second-order valence-corrected chi connectivity index (χ2v) is 5.25. The lowest BCUT2D eigenvalue weighted by molar-refractivity contribution is 0.105. The van der Waals surface area contributed by atoms with Crippen LogP contribution in [0.4, 0.5) is 0 Å². The second kappa shape index (κ2) is 7.61. The van der Waals surface area contributed by atoms with Gasteiger partial charge in [-0.1, -0.05) is 28.4 Å². The maximum Gasteiger partial charge on any atom is 0.240 e. The first kappa shape index (κ1) is 16.0. The van der Waals surface area contributed by atoms with E-state index in [9.17, 15) is 5.11 Å². The monoisotopic (exact) mass is 331 g/mol. The minimum atomic E-state index is -0.705. The molecule has 0 aliphatic rings. The number of nitrogens with one attached hydrogen (secondary N) is 1. The molecule has 0 radical (unpaired) electrons. The van der Waals surface area contributed by atoms with Crippen LogP contribution in [-0.2, 0) is 6.54 Å². The molecule has 0 bridgehead atoms. The van der Waals surface area contributed by atoms with Gasteiger partial charge in [-0.05, 0) is 19.1 Å². The van der Waals surface area contributed by atoms with Crippen LogP contribution in [0.15, 0.2) is 22.7 Å². The molecular formula is C13H15Cl2N3O3. The van der Waals surface area contributed by atoms with Crippen LogP contribution in [0, 0.1) is 6.92 Å². The van der Waals surface area contributed by atoms with Crippen molar-refractivity contribution < 1.29 is 14.4 Å². The van der Waals surface area contributed by atoms with Crippen LogP contribution in [0.5, 0.6) is 5.75 Å². The van der Waals surface area contributed by atoms with Crippen molar-refractivity contribution in [1.82, 2.24) is 15.5 Å². The van der Waals surface area contributed by atoms with Gasteiger partial charge in [-0.25, -0.2) is 0 Å². The number of nitrogens with zero attached hydrogens (tertiary/aromatic N) is 2. The Labute approximate surface area is 132 Å². The highest BCUT2D eigenvalue weighted by atomic mass is 35.5. The summed E-state index contributed by atoms with van der Waals surface area (Å²) in [5.74, 6) is 1.49. The van der Waals surface area contributed by atoms with Gasteiger partial charge in [0.2, 0.25) is 5.89 Å². The largest absolute Gasteiger partial charge is 0.489 e. The molecule has 1 unspecified atom stereocenters. The van der Waals surface area contributed by atoms with E-state index in [1.807, 2.05) is 0 Å². The minimum absolute atomic E-state index is 0.0932. The van der Waals surface area contributed by atoms with Gasteiger partial charge in [-0.15, -0.1) is 0 Å². The van der Waals surface area contributed by atoms with Crippen LogP contribution in [0.1, 0.15) is 11.7 Å². The molecule has 0 aliphatic heterocycles. The first-order valence-electron chi connectivity index (χ1n) is 6.30. The molecule has 6 nitrogen and oxygen atoms in total. The van der Waals surface area contributed by atoms with E-state index in [-0.39, 0.29) is 6.61 Å². The molecule has 0 saturated carbocycles. The van der Waals surface area contributed by atoms with Crippen molar-refractivity contribution in [3.63, 3.8) is 0 Å². The molecule has 21 heavy (non-hydrogen) atoms. The predicted molar refractivity (Wildman–Crippen MR) is 78.7 cm³/mol. The zero-order valence-corrected chi connectivity index (χ0v) is 12.9. The van der Waals surface area contributed by atoms with Gasteiger partial charge in [0.05, 0.1) is 11.6 Å². The summed E-state index contributed by atoms with van der Waals surface area (Å²) in [6.07, 6.45) is -0.705. The number of hydrogen-bond donors (Lipinski definition) is 2. The van der Waals surface area contributed by atoms with Crippen molar-refractivity contribution in [2.24, 2.45) is 0 Å². The molecule has 8 heteroatoms. The number of rotatable bonds is 7. The van der Waals surface area contributed by atoms with E-state index in [0.29, 0.717) is 40.6 Å². The Bertz CT molecular complexity index is 592. The molecule has 0 fully saturated rings. The van der Waals surface area contributed by atoms with E-state index in [4.69, 9.17) is 32.5 Å². The van der Waals surface area contributed by atoms with E-state index >= 15 is 0 Å². The summed E-state index contributed by atoms with van der Waals surface area (Å²) in [7, 11) is 0. The van der Waals surface area contributed by atoms with E-state index in [0.717, 1.165) is 0 Å². The maximum absolute atomic E-state index is 9.82. The minimum Gasteiger partial charge on any atom is -0.489 e. The highest BCUT2D eigenvalue weighted by Gasteiger charge is 2.09. The molecule has 0 amide bonds. The number of aliphatic hydroxyl groups is 1. The second-order valence-electron chi connectivity index (χ2n) is 4.41. The highest BCUT2D eigenvalue weighted by molar-refractivity contribution is 6.34. The molecule has 0 aliphatic carbocycles. The Morgan fingerprint density at radius 3 is 2.95 bits per heavy atom. The third-order valence-electron chi connectivity index (χ3n) is 2.55. The van der Waals surface area contributed by atoms with Gasteiger partial charge >= 0.3 is 0 Å². The smallest absolute Gasteiger partial charge is 0.240 e. The summed E-state index contributed by atoms with van der Waals surface area (Å²) in [6, 6.07) is 4.91. The summed E-state index contributed by atoms with van der Waals surface area (Å²) in [4.78, 5) is 4.04. The van der Waals surface area contributed by atoms with Crippen LogP contribution < -0.4 is 10.1 Å². The fourth-order valence-corrected chi connectivity index (χ4v) is 1.92. The highest BCUT2D eigenvalue weighted by Crippen LogP contribution is 2.27. The van der Waals surface area contributed by atoms with Crippen LogP contribution in [0.3, 0.4) is 0 Å². The quantitative estimate of drug-likeness (QED) is 0.809. The Morgan fingerprint density at radius 1 is 1.43 bits per heavy atom. The lowest BCUT2D eigenvalue weighted by Gasteiger charge is -2.13. The third-order valence-corrected chi connectivity index (χ3v) is 3.10. The summed E-state index contributed by atoms with van der Waals surface area (Å²) < 4.78 is 10.4. The lowest BCUT2D eigenvalue weighted by atomic mass is 10.3. The van der Waals surface area contributed by atoms with Gasteiger partial charge in [0.25, 0.3) is 0 Å². The Kier molecular flexibility index (Phi) is 5.81. The Balaban J connectivity index is 1.72. The van der Waals surface area contributed by atoms with E-state index in [2.05, 4.69) is 15.5 Å². The van der Waals surface area contributed by atoms with Gasteiger partial charge in [-0.2, -0.15) is 4.98 Å². The Hall–Kier alpha value is -1.34. The van der Waals surface area contributed by atoms with Crippen LogP contribution >= 0.6 is 23.2 Å². The summed E-state index contributed by atoms with van der Waals surface area (Å²) in [5, 5.41) is 17.5. The van der Waals surface area contributed by atoms with Crippen LogP contribution in [-0.4, -0.2) is 34.5 Å². The van der Waals surface area contributed by atoms with Gasteiger partial charge in [-0.3, -0.25) is 0 Å². The van der Waals surface area contributed by atoms with Crippen molar-refractivity contribution in [2.75, 3.05) is 13.2 Å². The summed E-state index contributed by atoms with van der Waals surface area (Å²) >= 11 is 11.8. The predicted octanol–water partition coefficient (Wildman–Crippen LogP) is 2.21. The van der Waals surface area contributed by atoms with Crippen molar-refractivity contribution >= 4 is 23.2 Å². The van der Waals surface area contributed by atoms with Crippen molar-refractivity contribution in [3.8, 4) is 5.75 Å². The number of ether oxygens (including phenoxy) is 1. The van der Waals surface area contributed by atoms with E-state index in [1.165, 1.54) is 0 Å². The van der Waals surface area contributed by atoms with E-state index < -0.39 is 6.10 Å². The number of halogens is 2. The number of benzene rings is 1. The first-order chi connectivity index (χ1) is 10.0. The van der Waals surface area contributed by atoms with Crippen molar-refractivity contribution in [1.29, 1.82) is 0 Å². The first-order valence-corrected chi connectivity index (χ1v) is 7.06.